The van der Waals surface area contributed by atoms with Gasteiger partial charge in [0.2, 0.25) is 0 Å². The Morgan fingerprint density at radius 1 is 1.22 bits per heavy atom. The van der Waals surface area contributed by atoms with Gasteiger partial charge in [-0.1, -0.05) is 18.2 Å². The van der Waals surface area contributed by atoms with Crippen LogP contribution in [0, 0.1) is 15.9 Å². The van der Waals surface area contributed by atoms with Gasteiger partial charge in [-0.05, 0) is 36.6 Å². The first kappa shape index (κ1) is 15.1. The third-order valence-corrected chi connectivity index (χ3v) is 3.79. The normalized spacial score (nSPS) is 13.6. The Hall–Kier alpha value is -2.76. The summed E-state index contributed by atoms with van der Waals surface area (Å²) < 4.78 is 13.3. The molecule has 118 valence electrons. The lowest BCUT2D eigenvalue weighted by molar-refractivity contribution is -0.384. The molecular formula is C17H15FN2O3. The number of halogens is 1. The molecule has 3 rings (SSSR count). The molecule has 2 aromatic carbocycles. The summed E-state index contributed by atoms with van der Waals surface area (Å²) in [7, 11) is 0. The van der Waals surface area contributed by atoms with Crippen LogP contribution < -0.4 is 0 Å². The maximum absolute atomic E-state index is 13.3. The lowest BCUT2D eigenvalue weighted by Crippen LogP contribution is -2.32. The number of nitro benzene ring substituents is 1. The molecule has 1 saturated carbocycles. The third-order valence-electron chi connectivity index (χ3n) is 3.79. The highest BCUT2D eigenvalue weighted by Gasteiger charge is 2.33. The van der Waals surface area contributed by atoms with Crippen molar-refractivity contribution in [3.8, 4) is 0 Å². The van der Waals surface area contributed by atoms with Crippen LogP contribution in [0.4, 0.5) is 10.1 Å². The summed E-state index contributed by atoms with van der Waals surface area (Å²) in [5.74, 6) is -0.610. The zero-order chi connectivity index (χ0) is 16.4. The molecule has 0 aliphatic heterocycles. The van der Waals surface area contributed by atoms with Gasteiger partial charge in [-0.2, -0.15) is 0 Å². The van der Waals surface area contributed by atoms with E-state index < -0.39 is 4.92 Å². The predicted molar refractivity (Wildman–Crippen MR) is 82.4 cm³/mol. The molecule has 0 radical (unpaired) electrons. The summed E-state index contributed by atoms with van der Waals surface area (Å²) in [5, 5.41) is 10.9. The summed E-state index contributed by atoms with van der Waals surface area (Å²) in [6, 6.07) is 11.9. The summed E-state index contributed by atoms with van der Waals surface area (Å²) in [6.07, 6.45) is 1.80. The van der Waals surface area contributed by atoms with E-state index in [9.17, 15) is 19.3 Å². The van der Waals surface area contributed by atoms with E-state index >= 15 is 0 Å². The fourth-order valence-electron chi connectivity index (χ4n) is 2.50. The van der Waals surface area contributed by atoms with E-state index in [1.807, 2.05) is 0 Å². The van der Waals surface area contributed by atoms with Crippen LogP contribution >= 0.6 is 0 Å². The number of nitrogens with zero attached hydrogens (tertiary/aromatic N) is 2. The molecule has 1 aliphatic rings. The molecule has 0 aromatic heterocycles. The fourth-order valence-corrected chi connectivity index (χ4v) is 2.50. The highest BCUT2D eigenvalue weighted by Crippen LogP contribution is 2.30. The highest BCUT2D eigenvalue weighted by atomic mass is 19.1. The zero-order valence-corrected chi connectivity index (χ0v) is 12.3. The van der Waals surface area contributed by atoms with Gasteiger partial charge in [-0.3, -0.25) is 14.9 Å². The molecule has 0 N–H and O–H groups in total. The lowest BCUT2D eigenvalue weighted by atomic mass is 10.1. The first-order valence-electron chi connectivity index (χ1n) is 7.34. The fraction of sp³-hybridized carbons (Fsp3) is 0.235. The minimum Gasteiger partial charge on any atom is -0.331 e. The first-order chi connectivity index (χ1) is 11.0. The molecule has 0 spiro atoms. The molecule has 1 aliphatic carbocycles. The number of hydrogen-bond donors (Lipinski definition) is 0. The molecule has 0 heterocycles. The van der Waals surface area contributed by atoms with Crippen LogP contribution in [0.2, 0.25) is 0 Å². The molecule has 1 amide bonds. The number of benzene rings is 2. The molecule has 5 nitrogen and oxygen atoms in total. The van der Waals surface area contributed by atoms with Gasteiger partial charge < -0.3 is 4.90 Å². The van der Waals surface area contributed by atoms with Crippen LogP contribution in [0.3, 0.4) is 0 Å². The Morgan fingerprint density at radius 3 is 2.61 bits per heavy atom. The predicted octanol–water partition coefficient (Wildman–Crippen LogP) is 3.54. The van der Waals surface area contributed by atoms with E-state index in [0.29, 0.717) is 12.1 Å². The maximum Gasteiger partial charge on any atom is 0.270 e. The number of carbonyl (C=O) groups excluding carboxylic acids is 1. The van der Waals surface area contributed by atoms with Crippen LogP contribution in [0.1, 0.15) is 28.8 Å². The van der Waals surface area contributed by atoms with Crippen molar-refractivity contribution in [3.05, 3.63) is 75.6 Å². The van der Waals surface area contributed by atoms with Gasteiger partial charge in [0.25, 0.3) is 11.6 Å². The van der Waals surface area contributed by atoms with Gasteiger partial charge in [0.1, 0.15) is 5.82 Å². The van der Waals surface area contributed by atoms with Gasteiger partial charge in [0, 0.05) is 30.3 Å². The van der Waals surface area contributed by atoms with Gasteiger partial charge in [-0.15, -0.1) is 0 Å². The second kappa shape index (κ2) is 6.16. The minimum absolute atomic E-state index is 0.114. The minimum atomic E-state index is -0.523. The van der Waals surface area contributed by atoms with Crippen LogP contribution in [-0.4, -0.2) is 21.8 Å². The molecular weight excluding hydrogens is 299 g/mol. The van der Waals surface area contributed by atoms with E-state index in [0.717, 1.165) is 12.8 Å². The number of amides is 1. The van der Waals surface area contributed by atoms with Crippen molar-refractivity contribution in [3.63, 3.8) is 0 Å². The lowest BCUT2D eigenvalue weighted by Gasteiger charge is -2.22. The van der Waals surface area contributed by atoms with Crippen LogP contribution in [0.5, 0.6) is 0 Å². The first-order valence-corrected chi connectivity index (χ1v) is 7.34. The van der Waals surface area contributed by atoms with E-state index in [-0.39, 0.29) is 29.0 Å². The van der Waals surface area contributed by atoms with E-state index in [2.05, 4.69) is 0 Å². The average Bonchev–Trinajstić information content (AvgIpc) is 3.37. The van der Waals surface area contributed by atoms with Crippen molar-refractivity contribution in [1.82, 2.24) is 4.90 Å². The summed E-state index contributed by atoms with van der Waals surface area (Å²) >= 11 is 0. The molecule has 0 unspecified atom stereocenters. The molecule has 2 aromatic rings. The number of non-ortho nitro benzene ring substituents is 1. The van der Waals surface area contributed by atoms with Crippen molar-refractivity contribution in [2.75, 3.05) is 0 Å². The maximum atomic E-state index is 13.3. The topological polar surface area (TPSA) is 63.4 Å². The molecule has 6 heteroatoms. The van der Waals surface area contributed by atoms with Crippen molar-refractivity contribution in [2.45, 2.75) is 25.4 Å². The second-order valence-electron chi connectivity index (χ2n) is 5.60. The standard InChI is InChI=1S/C17H15FN2O3/c18-14-5-1-3-12(9-14)11-19(15-7-8-15)17(21)13-4-2-6-16(10-13)20(22)23/h1-6,9-10,15H,7-8,11H2. The Kier molecular flexibility index (Phi) is 4.06. The number of hydrogen-bond acceptors (Lipinski definition) is 3. The van der Waals surface area contributed by atoms with Gasteiger partial charge in [0.15, 0.2) is 0 Å². The molecule has 1 fully saturated rings. The average molecular weight is 314 g/mol. The zero-order valence-electron chi connectivity index (χ0n) is 12.3. The molecule has 0 atom stereocenters. The number of rotatable bonds is 5. The Labute approximate surface area is 132 Å². The molecule has 23 heavy (non-hydrogen) atoms. The van der Waals surface area contributed by atoms with E-state index in [1.165, 1.54) is 30.3 Å². The largest absolute Gasteiger partial charge is 0.331 e. The van der Waals surface area contributed by atoms with Crippen LogP contribution in [-0.2, 0) is 6.54 Å². The van der Waals surface area contributed by atoms with Gasteiger partial charge in [0.05, 0.1) is 4.92 Å². The smallest absolute Gasteiger partial charge is 0.270 e. The third kappa shape index (κ3) is 3.53. The van der Waals surface area contributed by atoms with Crippen molar-refractivity contribution < 1.29 is 14.1 Å². The molecule has 0 bridgehead atoms. The van der Waals surface area contributed by atoms with E-state index in [1.54, 1.807) is 23.1 Å². The van der Waals surface area contributed by atoms with Gasteiger partial charge >= 0.3 is 0 Å². The Balaban J connectivity index is 1.85. The number of carbonyl (C=O) groups is 1. The number of nitro groups is 1. The summed E-state index contributed by atoms with van der Waals surface area (Å²) in [4.78, 5) is 24.7. The van der Waals surface area contributed by atoms with Gasteiger partial charge in [-0.25, -0.2) is 4.39 Å². The quantitative estimate of drug-likeness (QED) is 0.626. The highest BCUT2D eigenvalue weighted by molar-refractivity contribution is 5.95. The second-order valence-corrected chi connectivity index (χ2v) is 5.60. The van der Waals surface area contributed by atoms with Crippen molar-refractivity contribution >= 4 is 11.6 Å². The summed E-state index contributed by atoms with van der Waals surface area (Å²) in [6.45, 7) is 0.296. The van der Waals surface area contributed by atoms with Crippen molar-refractivity contribution in [1.29, 1.82) is 0 Å². The van der Waals surface area contributed by atoms with Crippen molar-refractivity contribution in [2.24, 2.45) is 0 Å². The Morgan fingerprint density at radius 2 is 1.96 bits per heavy atom. The van der Waals surface area contributed by atoms with Crippen LogP contribution in [0.15, 0.2) is 48.5 Å². The monoisotopic (exact) mass is 314 g/mol. The molecule has 0 saturated heterocycles. The summed E-state index contributed by atoms with van der Waals surface area (Å²) in [5.41, 5.74) is 0.871. The van der Waals surface area contributed by atoms with E-state index in [4.69, 9.17) is 0 Å². The van der Waals surface area contributed by atoms with Crippen LogP contribution in [0.25, 0.3) is 0 Å². The Bertz CT molecular complexity index is 759. The SMILES string of the molecule is O=C(c1cccc([N+](=O)[O-])c1)N(Cc1cccc(F)c1)C1CC1.